The molecule has 0 aromatic heterocycles. The molecule has 144 valence electrons. The second-order valence-corrected chi connectivity index (χ2v) is 6.37. The average molecular weight is 363 g/mol. The van der Waals surface area contributed by atoms with Crippen molar-refractivity contribution in [2.75, 3.05) is 31.2 Å². The number of rotatable bonds is 8. The lowest BCUT2D eigenvalue weighted by Crippen LogP contribution is -2.46. The van der Waals surface area contributed by atoms with Crippen LogP contribution in [0.3, 0.4) is 0 Å². The van der Waals surface area contributed by atoms with Crippen LogP contribution in [0.5, 0.6) is 0 Å². The van der Waals surface area contributed by atoms with E-state index in [2.05, 4.69) is 10.6 Å². The van der Waals surface area contributed by atoms with Crippen LogP contribution in [0, 0.1) is 13.8 Å². The summed E-state index contributed by atoms with van der Waals surface area (Å²) in [6.07, 6.45) is -0.172. The summed E-state index contributed by atoms with van der Waals surface area (Å²) in [6, 6.07) is 5.41. The fourth-order valence-corrected chi connectivity index (χ4v) is 2.90. The molecule has 1 fully saturated rings. The third kappa shape index (κ3) is 5.44. The highest BCUT2D eigenvalue weighted by Gasteiger charge is 2.31. The van der Waals surface area contributed by atoms with Gasteiger partial charge in [0.1, 0.15) is 0 Å². The Bertz CT molecular complexity index is 629. The molecule has 1 aliphatic rings. The minimum atomic E-state index is -0.465. The monoisotopic (exact) mass is 363 g/mol. The third-order valence-electron chi connectivity index (χ3n) is 4.40. The predicted octanol–water partition coefficient (Wildman–Crippen LogP) is 2.11. The van der Waals surface area contributed by atoms with E-state index in [9.17, 15) is 9.59 Å². The molecule has 1 aromatic carbocycles. The molecule has 2 rings (SSSR count). The first-order valence-electron chi connectivity index (χ1n) is 9.09. The first kappa shape index (κ1) is 20.2. The van der Waals surface area contributed by atoms with E-state index < -0.39 is 6.29 Å². The second-order valence-electron chi connectivity index (χ2n) is 6.37. The van der Waals surface area contributed by atoms with E-state index >= 15 is 0 Å². The van der Waals surface area contributed by atoms with Gasteiger partial charge in [0, 0.05) is 31.9 Å². The highest BCUT2D eigenvalue weighted by Crippen LogP contribution is 2.24. The van der Waals surface area contributed by atoms with Crippen molar-refractivity contribution in [1.82, 2.24) is 10.6 Å². The number of ether oxygens (including phenoxy) is 2. The lowest BCUT2D eigenvalue weighted by atomic mass is 10.1. The predicted molar refractivity (Wildman–Crippen MR) is 100 cm³/mol. The average Bonchev–Trinajstić information content (AvgIpc) is 2.96. The topological polar surface area (TPSA) is 79.9 Å². The Morgan fingerprint density at radius 3 is 2.54 bits per heavy atom. The Morgan fingerprint density at radius 2 is 1.92 bits per heavy atom. The number of hydrogen-bond donors (Lipinski definition) is 2. The molecule has 3 amide bonds. The Labute approximate surface area is 155 Å². The molecular weight excluding hydrogens is 334 g/mol. The van der Waals surface area contributed by atoms with Crippen molar-refractivity contribution in [3.05, 3.63) is 29.3 Å². The maximum atomic E-state index is 12.3. The van der Waals surface area contributed by atoms with Gasteiger partial charge in [0.2, 0.25) is 5.91 Å². The number of urea groups is 1. The first-order valence-corrected chi connectivity index (χ1v) is 9.09. The van der Waals surface area contributed by atoms with Crippen molar-refractivity contribution in [2.45, 2.75) is 46.4 Å². The fourth-order valence-electron chi connectivity index (χ4n) is 2.90. The summed E-state index contributed by atoms with van der Waals surface area (Å²) < 4.78 is 10.8. The zero-order chi connectivity index (χ0) is 19.1. The standard InChI is InChI=1S/C19H29N3O4/c1-5-25-18(26-6-2)11-20-19(24)21-15-10-17(23)22(12-15)16-8-7-13(3)14(4)9-16/h7-9,15,18H,5-6,10-12H2,1-4H3,(H2,20,21,24)/t15-/m0/s1. The molecule has 0 radical (unpaired) electrons. The van der Waals surface area contributed by atoms with E-state index in [4.69, 9.17) is 9.47 Å². The van der Waals surface area contributed by atoms with E-state index in [0.717, 1.165) is 11.3 Å². The van der Waals surface area contributed by atoms with Crippen molar-refractivity contribution in [2.24, 2.45) is 0 Å². The molecule has 26 heavy (non-hydrogen) atoms. The maximum Gasteiger partial charge on any atom is 0.315 e. The normalized spacial score (nSPS) is 17.0. The minimum absolute atomic E-state index is 0.0139. The summed E-state index contributed by atoms with van der Waals surface area (Å²) in [4.78, 5) is 26.1. The van der Waals surface area contributed by atoms with Crippen LogP contribution < -0.4 is 15.5 Å². The minimum Gasteiger partial charge on any atom is -0.351 e. The van der Waals surface area contributed by atoms with Crippen LogP contribution in [0.2, 0.25) is 0 Å². The molecule has 1 saturated heterocycles. The number of carbonyl (C=O) groups is 2. The van der Waals surface area contributed by atoms with Crippen LogP contribution >= 0.6 is 0 Å². The Kier molecular flexibility index (Phi) is 7.41. The summed E-state index contributed by atoms with van der Waals surface area (Å²) in [5.74, 6) is 0.0139. The van der Waals surface area contributed by atoms with E-state index in [1.165, 1.54) is 5.56 Å². The van der Waals surface area contributed by atoms with Gasteiger partial charge in [-0.05, 0) is 51.0 Å². The Morgan fingerprint density at radius 1 is 1.23 bits per heavy atom. The van der Waals surface area contributed by atoms with Gasteiger partial charge in [-0.25, -0.2) is 4.79 Å². The zero-order valence-corrected chi connectivity index (χ0v) is 16.0. The molecule has 1 heterocycles. The van der Waals surface area contributed by atoms with E-state index in [0.29, 0.717) is 26.2 Å². The number of benzene rings is 1. The Hall–Kier alpha value is -2.12. The smallest absolute Gasteiger partial charge is 0.315 e. The largest absolute Gasteiger partial charge is 0.351 e. The van der Waals surface area contributed by atoms with Crippen LogP contribution in [-0.2, 0) is 14.3 Å². The van der Waals surface area contributed by atoms with Gasteiger partial charge in [-0.15, -0.1) is 0 Å². The van der Waals surface area contributed by atoms with E-state index in [1.54, 1.807) is 4.90 Å². The lowest BCUT2D eigenvalue weighted by Gasteiger charge is -2.20. The fraction of sp³-hybridized carbons (Fsp3) is 0.579. The van der Waals surface area contributed by atoms with Crippen molar-refractivity contribution in [1.29, 1.82) is 0 Å². The molecular formula is C19H29N3O4. The van der Waals surface area contributed by atoms with Crippen molar-refractivity contribution >= 4 is 17.6 Å². The van der Waals surface area contributed by atoms with Gasteiger partial charge in [0.25, 0.3) is 0 Å². The number of amides is 3. The second kappa shape index (κ2) is 9.54. The van der Waals surface area contributed by atoms with Crippen LogP contribution in [0.15, 0.2) is 18.2 Å². The number of nitrogens with one attached hydrogen (secondary N) is 2. The van der Waals surface area contributed by atoms with Gasteiger partial charge in [-0.3, -0.25) is 4.79 Å². The number of carbonyl (C=O) groups excluding carboxylic acids is 2. The van der Waals surface area contributed by atoms with Gasteiger partial charge in [-0.1, -0.05) is 6.07 Å². The molecule has 0 unspecified atom stereocenters. The molecule has 7 heteroatoms. The molecule has 1 aliphatic heterocycles. The Balaban J connectivity index is 1.86. The molecule has 1 atom stereocenters. The number of nitrogens with zero attached hydrogens (tertiary/aromatic N) is 1. The van der Waals surface area contributed by atoms with Crippen molar-refractivity contribution < 1.29 is 19.1 Å². The lowest BCUT2D eigenvalue weighted by molar-refractivity contribution is -0.131. The highest BCUT2D eigenvalue weighted by atomic mass is 16.7. The zero-order valence-electron chi connectivity index (χ0n) is 16.0. The van der Waals surface area contributed by atoms with Crippen molar-refractivity contribution in [3.8, 4) is 0 Å². The molecule has 0 aliphatic carbocycles. The summed E-state index contributed by atoms with van der Waals surface area (Å²) in [6.45, 7) is 9.55. The number of aryl methyl sites for hydroxylation is 2. The molecule has 7 nitrogen and oxygen atoms in total. The summed E-state index contributed by atoms with van der Waals surface area (Å²) >= 11 is 0. The first-order chi connectivity index (χ1) is 12.4. The SMILES string of the molecule is CCOC(CNC(=O)N[C@H]1CC(=O)N(c2ccc(C)c(C)c2)C1)OCC. The number of anilines is 1. The van der Waals surface area contributed by atoms with Crippen molar-refractivity contribution in [3.63, 3.8) is 0 Å². The van der Waals surface area contributed by atoms with Gasteiger partial charge in [0.05, 0.1) is 12.6 Å². The summed E-state index contributed by atoms with van der Waals surface area (Å²) in [7, 11) is 0. The van der Waals surface area contributed by atoms with Crippen LogP contribution in [0.1, 0.15) is 31.4 Å². The summed E-state index contributed by atoms with van der Waals surface area (Å²) in [5, 5.41) is 5.59. The highest BCUT2D eigenvalue weighted by molar-refractivity contribution is 5.96. The van der Waals surface area contributed by atoms with Gasteiger partial charge >= 0.3 is 6.03 Å². The third-order valence-corrected chi connectivity index (χ3v) is 4.40. The van der Waals surface area contributed by atoms with Crippen LogP contribution in [0.4, 0.5) is 10.5 Å². The quantitative estimate of drug-likeness (QED) is 0.693. The maximum absolute atomic E-state index is 12.3. The molecule has 1 aromatic rings. The van der Waals surface area contributed by atoms with Crippen LogP contribution in [0.25, 0.3) is 0 Å². The van der Waals surface area contributed by atoms with E-state index in [1.807, 2.05) is 45.9 Å². The molecule has 0 spiro atoms. The molecule has 2 N–H and O–H groups in total. The summed E-state index contributed by atoms with van der Waals surface area (Å²) in [5.41, 5.74) is 3.20. The molecule has 0 saturated carbocycles. The van der Waals surface area contributed by atoms with Gasteiger partial charge in [0.15, 0.2) is 6.29 Å². The molecule has 0 bridgehead atoms. The number of hydrogen-bond acceptors (Lipinski definition) is 4. The van der Waals surface area contributed by atoms with Gasteiger partial charge in [-0.2, -0.15) is 0 Å². The van der Waals surface area contributed by atoms with E-state index in [-0.39, 0.29) is 24.5 Å². The van der Waals surface area contributed by atoms with Gasteiger partial charge < -0.3 is 25.0 Å². The van der Waals surface area contributed by atoms with Crippen LogP contribution in [-0.4, -0.2) is 50.6 Å².